The molecule has 3 aliphatic rings. The number of carbonyl (C=O) groups is 3. The van der Waals surface area contributed by atoms with Crippen molar-refractivity contribution in [3.05, 3.63) is 68.8 Å². The zero-order chi connectivity index (χ0) is 24.2. The van der Waals surface area contributed by atoms with Crippen LogP contribution in [0.3, 0.4) is 0 Å². The second-order valence-corrected chi connectivity index (χ2v) is 9.23. The van der Waals surface area contributed by atoms with Crippen molar-refractivity contribution in [1.29, 1.82) is 0 Å². The lowest BCUT2D eigenvalue weighted by atomic mass is 10.0. The first-order chi connectivity index (χ1) is 16.4. The molecule has 0 spiro atoms. The molecular formula is C20H19N5O7S2. The van der Waals surface area contributed by atoms with Crippen LogP contribution in [0.15, 0.2) is 58.2 Å². The van der Waals surface area contributed by atoms with Gasteiger partial charge in [-0.15, -0.1) is 11.8 Å². The van der Waals surface area contributed by atoms with Crippen LogP contribution in [0.25, 0.3) is 0 Å². The van der Waals surface area contributed by atoms with Crippen molar-refractivity contribution in [2.75, 3.05) is 12.3 Å². The van der Waals surface area contributed by atoms with E-state index in [2.05, 4.69) is 15.2 Å². The predicted molar refractivity (Wildman–Crippen MR) is 123 cm³/mol. The smallest absolute Gasteiger partial charge is 0.383 e. The molecule has 3 atom stereocenters. The van der Waals surface area contributed by atoms with Crippen LogP contribution in [-0.4, -0.2) is 62.2 Å². The predicted octanol–water partition coefficient (Wildman–Crippen LogP) is 1.14. The van der Waals surface area contributed by atoms with Gasteiger partial charge in [0.1, 0.15) is 11.4 Å². The Morgan fingerprint density at radius 1 is 1.32 bits per heavy atom. The number of carbonyl (C=O) groups excluding carboxylic acids is 3. The van der Waals surface area contributed by atoms with Crippen LogP contribution in [0.2, 0.25) is 0 Å². The van der Waals surface area contributed by atoms with Crippen molar-refractivity contribution in [3.63, 3.8) is 0 Å². The number of β-lactam (4-membered cyclic amide) rings is 1. The molecule has 4 rings (SSSR count). The van der Waals surface area contributed by atoms with Crippen LogP contribution in [0, 0.1) is 10.1 Å². The standard InChI is InChI=1S/C20H19N5O7S2/c26-16(14(23-29)12-6-7-21-34-10-12)22-15-17(27)24-8-13(9-33-19(15)24)20(28)32-18(25(30)31)11-4-2-1-3-5-11/h1-5,8,10,15,18-19,21,29H,6-7,9H2,(H,22,26)/t15?,18?,19-/m1/s1. The summed E-state index contributed by atoms with van der Waals surface area (Å²) in [5, 5.41) is 27.6. The van der Waals surface area contributed by atoms with Gasteiger partial charge < -0.3 is 20.2 Å². The number of ether oxygens (including phenoxy) is 1. The topological polar surface area (TPSA) is 163 Å². The maximum atomic E-state index is 12.6. The Bertz CT molecular complexity index is 1110. The van der Waals surface area contributed by atoms with Crippen LogP contribution in [-0.2, 0) is 19.1 Å². The second kappa shape index (κ2) is 10.3. The lowest BCUT2D eigenvalue weighted by Crippen LogP contribution is -2.69. The van der Waals surface area contributed by atoms with Crippen molar-refractivity contribution in [2.24, 2.45) is 5.16 Å². The molecule has 1 aromatic rings. The molecule has 14 heteroatoms. The third kappa shape index (κ3) is 4.78. The van der Waals surface area contributed by atoms with E-state index in [1.54, 1.807) is 23.6 Å². The average molecular weight is 506 g/mol. The minimum absolute atomic E-state index is 0.0941. The highest BCUT2D eigenvalue weighted by molar-refractivity contribution is 8.00. The molecule has 0 saturated carbocycles. The number of benzene rings is 1. The molecule has 3 heterocycles. The zero-order valence-electron chi connectivity index (χ0n) is 17.4. The van der Waals surface area contributed by atoms with E-state index in [1.165, 1.54) is 46.9 Å². The largest absolute Gasteiger partial charge is 0.410 e. The summed E-state index contributed by atoms with van der Waals surface area (Å²) in [4.78, 5) is 49.7. The van der Waals surface area contributed by atoms with E-state index in [0.717, 1.165) is 0 Å². The van der Waals surface area contributed by atoms with Gasteiger partial charge in [0.05, 0.1) is 16.1 Å². The number of thioether (sulfide) groups is 1. The normalized spacial score (nSPS) is 23.0. The quantitative estimate of drug-likeness (QED) is 0.0716. The van der Waals surface area contributed by atoms with Gasteiger partial charge in [-0.1, -0.05) is 35.3 Å². The summed E-state index contributed by atoms with van der Waals surface area (Å²) in [6, 6.07) is 6.98. The van der Waals surface area contributed by atoms with Gasteiger partial charge in [-0.2, -0.15) is 0 Å². The molecule has 2 amide bonds. The number of nitro groups is 1. The highest BCUT2D eigenvalue weighted by Gasteiger charge is 2.50. The van der Waals surface area contributed by atoms with Crippen LogP contribution in [0.5, 0.6) is 0 Å². The first kappa shape index (κ1) is 23.8. The summed E-state index contributed by atoms with van der Waals surface area (Å²) < 4.78 is 8.11. The summed E-state index contributed by atoms with van der Waals surface area (Å²) in [5.41, 5.74) is 0.700. The molecule has 1 aromatic carbocycles. The summed E-state index contributed by atoms with van der Waals surface area (Å²) in [6.07, 6.45) is 0.115. The Kier molecular flexibility index (Phi) is 7.19. The number of oxime groups is 1. The zero-order valence-corrected chi connectivity index (χ0v) is 19.1. The third-order valence-corrected chi connectivity index (χ3v) is 7.32. The van der Waals surface area contributed by atoms with Crippen LogP contribution >= 0.6 is 23.7 Å². The van der Waals surface area contributed by atoms with Crippen LogP contribution in [0.4, 0.5) is 0 Å². The minimum Gasteiger partial charge on any atom is -0.410 e. The number of nitrogens with zero attached hydrogens (tertiary/aromatic N) is 3. The Hall–Kier alpha value is -3.36. The molecule has 0 aliphatic carbocycles. The third-order valence-electron chi connectivity index (χ3n) is 5.23. The molecule has 1 fully saturated rings. The number of fused-ring (bicyclic) bond motifs is 1. The Labute approximate surface area is 201 Å². The van der Waals surface area contributed by atoms with Gasteiger partial charge in [-0.05, 0) is 29.5 Å². The molecule has 3 aliphatic heterocycles. The highest BCUT2D eigenvalue weighted by Crippen LogP contribution is 2.37. The van der Waals surface area contributed by atoms with Crippen molar-refractivity contribution < 1.29 is 29.3 Å². The molecule has 0 bridgehead atoms. The number of hydrogen-bond donors (Lipinski definition) is 3. The van der Waals surface area contributed by atoms with E-state index in [9.17, 15) is 29.7 Å². The van der Waals surface area contributed by atoms with E-state index in [4.69, 9.17) is 4.74 Å². The number of nitrogens with one attached hydrogen (secondary N) is 2. The van der Waals surface area contributed by atoms with E-state index in [0.29, 0.717) is 18.5 Å². The van der Waals surface area contributed by atoms with E-state index >= 15 is 0 Å². The van der Waals surface area contributed by atoms with E-state index in [1.807, 2.05) is 0 Å². The van der Waals surface area contributed by atoms with Gasteiger partial charge in [0.25, 0.3) is 11.8 Å². The van der Waals surface area contributed by atoms with Gasteiger partial charge in [0, 0.05) is 18.5 Å². The molecule has 12 nitrogen and oxygen atoms in total. The number of esters is 1. The Morgan fingerprint density at radius 2 is 2.09 bits per heavy atom. The molecule has 178 valence electrons. The van der Waals surface area contributed by atoms with Crippen LogP contribution in [0.1, 0.15) is 18.2 Å². The fourth-order valence-electron chi connectivity index (χ4n) is 3.51. The molecule has 1 saturated heterocycles. The molecule has 3 N–H and O–H groups in total. The summed E-state index contributed by atoms with van der Waals surface area (Å²) in [7, 11) is 0. The van der Waals surface area contributed by atoms with Crippen molar-refractivity contribution in [2.45, 2.75) is 24.1 Å². The second-order valence-electron chi connectivity index (χ2n) is 7.36. The number of amides is 2. The summed E-state index contributed by atoms with van der Waals surface area (Å²) in [6.45, 7) is 0.600. The molecule has 0 aromatic heterocycles. The molecular weight excluding hydrogens is 486 g/mol. The van der Waals surface area contributed by atoms with Crippen molar-refractivity contribution >= 4 is 47.2 Å². The van der Waals surface area contributed by atoms with Gasteiger partial charge in [0.15, 0.2) is 5.71 Å². The maximum absolute atomic E-state index is 12.6. The van der Waals surface area contributed by atoms with Gasteiger partial charge in [0.2, 0.25) is 0 Å². The molecule has 34 heavy (non-hydrogen) atoms. The van der Waals surface area contributed by atoms with Gasteiger partial charge in [-0.25, -0.2) is 4.79 Å². The lowest BCUT2D eigenvalue weighted by molar-refractivity contribution is -0.575. The number of hydrogen-bond acceptors (Lipinski definition) is 11. The Balaban J connectivity index is 1.40. The van der Waals surface area contributed by atoms with E-state index < -0.39 is 40.4 Å². The highest BCUT2D eigenvalue weighted by atomic mass is 32.2. The fourth-order valence-corrected chi connectivity index (χ4v) is 5.43. The summed E-state index contributed by atoms with van der Waals surface area (Å²) in [5.74, 6) is -1.91. The SMILES string of the molecule is O=C(NC1C(=O)N2C=C(C(=O)OC(c3ccccc3)[N+](=O)[O-])CS[C@H]12)C(=NO)C1=CSNCC1. The Morgan fingerprint density at radius 3 is 2.74 bits per heavy atom. The molecule has 0 radical (unpaired) electrons. The van der Waals surface area contributed by atoms with Crippen molar-refractivity contribution in [3.8, 4) is 0 Å². The number of rotatable bonds is 7. The van der Waals surface area contributed by atoms with Crippen LogP contribution < -0.4 is 10.0 Å². The minimum atomic E-state index is -1.67. The first-order valence-electron chi connectivity index (χ1n) is 10.1. The molecule has 2 unspecified atom stereocenters. The van der Waals surface area contributed by atoms with Crippen molar-refractivity contribution in [1.82, 2.24) is 14.9 Å². The fraction of sp³-hybridized carbons (Fsp3) is 0.300. The summed E-state index contributed by atoms with van der Waals surface area (Å²) >= 11 is 2.48. The maximum Gasteiger partial charge on any atom is 0.383 e. The first-order valence-corrected chi connectivity index (χ1v) is 12.0. The van der Waals surface area contributed by atoms with Gasteiger partial charge in [-0.3, -0.25) is 24.4 Å². The monoisotopic (exact) mass is 505 g/mol. The van der Waals surface area contributed by atoms with Gasteiger partial charge >= 0.3 is 12.2 Å². The van der Waals surface area contributed by atoms with E-state index in [-0.39, 0.29) is 22.6 Å². The average Bonchev–Trinajstić information content (AvgIpc) is 2.86. The lowest BCUT2D eigenvalue weighted by Gasteiger charge is -2.47.